The van der Waals surface area contributed by atoms with Crippen molar-refractivity contribution in [2.24, 2.45) is 0 Å². The predicted octanol–water partition coefficient (Wildman–Crippen LogP) is 10.3. The molecule has 3 aromatic heterocycles. The third kappa shape index (κ3) is 12.5. The number of hydrogen-bond acceptors (Lipinski definition) is 2. The quantitative estimate of drug-likeness (QED) is 0.0774. The number of rotatable bonds is 15. The molecule has 0 bridgehead atoms. The van der Waals surface area contributed by atoms with Crippen molar-refractivity contribution in [3.8, 4) is 11.1 Å². The van der Waals surface area contributed by atoms with Crippen LogP contribution in [0.25, 0.3) is 16.0 Å². The lowest BCUT2D eigenvalue weighted by Crippen LogP contribution is -2.08. The van der Waals surface area contributed by atoms with Crippen LogP contribution in [0, 0.1) is 20.4 Å². The number of aryl methyl sites for hydroxylation is 3. The summed E-state index contributed by atoms with van der Waals surface area (Å²) in [5.74, 6) is -2.53. The van der Waals surface area contributed by atoms with E-state index in [4.69, 9.17) is 6.57 Å². The first-order chi connectivity index (χ1) is 22.1. The highest BCUT2D eigenvalue weighted by atomic mass is 16.4. The van der Waals surface area contributed by atoms with E-state index in [0.29, 0.717) is 5.56 Å². The summed E-state index contributed by atoms with van der Waals surface area (Å²) < 4.78 is 1.94. The molecule has 3 heterocycles. The Labute approximate surface area is 274 Å². The molecule has 0 saturated heterocycles. The first-order valence-electron chi connectivity index (χ1n) is 16.5. The Morgan fingerprint density at radius 1 is 0.870 bits per heavy atom. The van der Waals surface area contributed by atoms with Gasteiger partial charge in [0, 0.05) is 48.2 Å². The molecular formula is C38H52N4O4. The summed E-state index contributed by atoms with van der Waals surface area (Å²) in [6, 6.07) is 12.5. The Morgan fingerprint density at radius 3 is 1.98 bits per heavy atom. The molecule has 0 saturated carbocycles. The molecule has 0 aliphatic carbocycles. The van der Waals surface area contributed by atoms with Crippen molar-refractivity contribution in [3.05, 3.63) is 106 Å². The molecule has 0 spiro atoms. The fraction of sp³-hybridized carbons (Fsp3) is 0.447. The molecule has 1 unspecified atom stereocenters. The van der Waals surface area contributed by atoms with E-state index in [2.05, 4.69) is 41.7 Å². The van der Waals surface area contributed by atoms with Crippen LogP contribution in [0.4, 0.5) is 0 Å². The number of aromatic amines is 2. The molecule has 0 aliphatic heterocycles. The number of aromatic carboxylic acids is 2. The highest BCUT2D eigenvalue weighted by molar-refractivity contribution is 6.02. The summed E-state index contributed by atoms with van der Waals surface area (Å²) in [7, 11) is 0. The predicted molar refractivity (Wildman–Crippen MR) is 186 cm³/mol. The van der Waals surface area contributed by atoms with Gasteiger partial charge >= 0.3 is 11.9 Å². The molecule has 248 valence electrons. The monoisotopic (exact) mass is 628 g/mol. The number of carbonyl (C=O) groups is 2. The van der Waals surface area contributed by atoms with Gasteiger partial charge in [0.25, 0.3) is 6.17 Å². The van der Waals surface area contributed by atoms with Gasteiger partial charge in [0.05, 0.1) is 11.1 Å². The zero-order valence-electron chi connectivity index (χ0n) is 28.2. The zero-order chi connectivity index (χ0) is 33.9. The zero-order valence-corrected chi connectivity index (χ0v) is 28.2. The lowest BCUT2D eigenvalue weighted by atomic mass is 9.97. The molecule has 4 aromatic rings. The smallest absolute Gasteiger partial charge is 0.336 e. The Kier molecular flexibility index (Phi) is 16.8. The van der Waals surface area contributed by atoms with Gasteiger partial charge in [-0.05, 0) is 80.6 Å². The number of carboxylic acid groups (broad SMARTS) is 2. The number of nitrogens with one attached hydrogen (secondary N) is 2. The molecule has 1 aromatic carbocycles. The molecule has 46 heavy (non-hydrogen) atoms. The number of nitrogens with zero attached hydrogens (tertiary/aromatic N) is 2. The van der Waals surface area contributed by atoms with Gasteiger partial charge < -0.3 is 20.2 Å². The van der Waals surface area contributed by atoms with Crippen LogP contribution in [0.15, 0.2) is 61.1 Å². The molecule has 8 heteroatoms. The van der Waals surface area contributed by atoms with E-state index >= 15 is 0 Å². The third-order valence-electron chi connectivity index (χ3n) is 7.94. The van der Waals surface area contributed by atoms with Crippen LogP contribution < -0.4 is 0 Å². The summed E-state index contributed by atoms with van der Waals surface area (Å²) >= 11 is 0. The minimum Gasteiger partial charge on any atom is -0.478 e. The van der Waals surface area contributed by atoms with Crippen LogP contribution >= 0.6 is 0 Å². The van der Waals surface area contributed by atoms with Crippen LogP contribution in [-0.2, 0) is 12.8 Å². The highest BCUT2D eigenvalue weighted by Gasteiger charge is 2.21. The fourth-order valence-corrected chi connectivity index (χ4v) is 5.29. The number of carboxylic acids is 2. The van der Waals surface area contributed by atoms with Crippen LogP contribution in [0.3, 0.4) is 0 Å². The molecule has 8 nitrogen and oxygen atoms in total. The molecule has 0 amide bonds. The lowest BCUT2D eigenvalue weighted by Gasteiger charge is -2.12. The van der Waals surface area contributed by atoms with Gasteiger partial charge in [0.15, 0.2) is 0 Å². The SMILES string of the molecule is CCc1cc(C)c[nH]1.Cc1ccc[nH]1.[C-]#[N+]C(C)n1ccc(-c2ccc(C(=O)O)c(C(=O)O)c2)c1CCCCCCCCCCC. The van der Waals surface area contributed by atoms with E-state index in [0.717, 1.165) is 36.9 Å². The van der Waals surface area contributed by atoms with Gasteiger partial charge in [-0.1, -0.05) is 71.3 Å². The summed E-state index contributed by atoms with van der Waals surface area (Å²) in [6.07, 6.45) is 18.4. The number of unbranched alkanes of at least 4 members (excludes halogenated alkanes) is 8. The van der Waals surface area contributed by atoms with Crippen LogP contribution in [-0.4, -0.2) is 36.7 Å². The van der Waals surface area contributed by atoms with Crippen molar-refractivity contribution in [1.29, 1.82) is 0 Å². The normalized spacial score (nSPS) is 11.0. The maximum absolute atomic E-state index is 11.6. The molecule has 0 fully saturated rings. The van der Waals surface area contributed by atoms with Crippen LogP contribution in [0.1, 0.15) is 128 Å². The minimum absolute atomic E-state index is 0.226. The number of aromatic nitrogens is 3. The van der Waals surface area contributed by atoms with Crippen molar-refractivity contribution < 1.29 is 19.8 Å². The highest BCUT2D eigenvalue weighted by Crippen LogP contribution is 2.31. The number of H-pyrrole nitrogens is 2. The summed E-state index contributed by atoms with van der Waals surface area (Å²) in [5, 5.41) is 18.8. The summed E-state index contributed by atoms with van der Waals surface area (Å²) in [6.45, 7) is 17.7. The molecule has 0 aliphatic rings. The van der Waals surface area contributed by atoms with E-state index in [1.807, 2.05) is 55.2 Å². The van der Waals surface area contributed by atoms with E-state index in [-0.39, 0.29) is 17.3 Å². The first kappa shape index (κ1) is 37.7. The van der Waals surface area contributed by atoms with Crippen molar-refractivity contribution in [1.82, 2.24) is 14.5 Å². The molecule has 0 radical (unpaired) electrons. The van der Waals surface area contributed by atoms with Crippen molar-refractivity contribution in [2.45, 2.75) is 111 Å². The second-order valence-electron chi connectivity index (χ2n) is 11.7. The Hall–Kier alpha value is -4.51. The second kappa shape index (κ2) is 20.5. The topological polar surface area (TPSA) is 115 Å². The van der Waals surface area contributed by atoms with Gasteiger partial charge in [-0.2, -0.15) is 0 Å². The second-order valence-corrected chi connectivity index (χ2v) is 11.7. The summed E-state index contributed by atoms with van der Waals surface area (Å²) in [4.78, 5) is 32.8. The molecule has 1 atom stereocenters. The Morgan fingerprint density at radius 2 is 1.52 bits per heavy atom. The third-order valence-corrected chi connectivity index (χ3v) is 7.94. The van der Waals surface area contributed by atoms with Crippen molar-refractivity contribution in [3.63, 3.8) is 0 Å². The van der Waals surface area contributed by atoms with Gasteiger partial charge in [0.2, 0.25) is 0 Å². The van der Waals surface area contributed by atoms with Crippen molar-refractivity contribution >= 4 is 11.9 Å². The van der Waals surface area contributed by atoms with Gasteiger partial charge in [-0.25, -0.2) is 16.2 Å². The maximum Gasteiger partial charge on any atom is 0.336 e. The van der Waals surface area contributed by atoms with E-state index in [1.54, 1.807) is 6.07 Å². The lowest BCUT2D eigenvalue weighted by molar-refractivity contribution is 0.0651. The minimum atomic E-state index is -1.27. The average Bonchev–Trinajstić information content (AvgIpc) is 3.81. The van der Waals surface area contributed by atoms with Gasteiger partial charge in [-0.3, -0.25) is 9.41 Å². The maximum atomic E-state index is 11.6. The van der Waals surface area contributed by atoms with Gasteiger partial charge in [0.1, 0.15) is 0 Å². The van der Waals surface area contributed by atoms with Crippen LogP contribution in [0.5, 0.6) is 0 Å². The summed E-state index contributed by atoms with van der Waals surface area (Å²) in [5.41, 5.74) is 5.93. The van der Waals surface area contributed by atoms with Crippen molar-refractivity contribution in [2.75, 3.05) is 0 Å². The standard InChI is InChI=1S/C26H34N2O4.C7H11N.C5H7N/c1-4-5-6-7-8-9-10-11-12-13-24-21(16-17-28(24)19(2)27-3)20-14-15-22(25(29)30)23(18-20)26(31)32;1-3-7-4-6(2)5-8-7;1-5-3-2-4-6-5/h14-19H,4-13H2,1-2H3,(H,29,30)(H,31,32);4-5,8H,3H2,1-2H3;2-4,6H,1H3. The van der Waals surface area contributed by atoms with Gasteiger partial charge in [-0.15, -0.1) is 0 Å². The molecule has 4 N–H and O–H groups in total. The largest absolute Gasteiger partial charge is 0.478 e. The first-order valence-corrected chi connectivity index (χ1v) is 16.5. The molecule has 4 rings (SSSR count). The number of benzene rings is 1. The van der Waals surface area contributed by atoms with E-state index in [9.17, 15) is 19.8 Å². The van der Waals surface area contributed by atoms with E-state index in [1.165, 1.54) is 74.0 Å². The Bertz CT molecular complexity index is 1510. The average molecular weight is 629 g/mol. The Balaban J connectivity index is 0.000000426. The van der Waals surface area contributed by atoms with E-state index < -0.39 is 11.9 Å². The molecular weight excluding hydrogens is 576 g/mol. The fourth-order valence-electron chi connectivity index (χ4n) is 5.29. The number of hydrogen-bond donors (Lipinski definition) is 4. The van der Waals surface area contributed by atoms with Crippen LogP contribution in [0.2, 0.25) is 0 Å².